The molecule has 4 heteroatoms. The van der Waals surface area contributed by atoms with Gasteiger partial charge in [-0.3, -0.25) is 0 Å². The van der Waals surface area contributed by atoms with Crippen molar-refractivity contribution in [3.63, 3.8) is 0 Å². The molecule has 0 saturated heterocycles. The molecule has 2 rings (SSSR count). The van der Waals surface area contributed by atoms with Gasteiger partial charge in [-0.05, 0) is 25.1 Å². The molecule has 1 heterocycles. The maximum absolute atomic E-state index is 14.1. The molecule has 1 aromatic carbocycles. The van der Waals surface area contributed by atoms with E-state index in [0.29, 0.717) is 11.4 Å². The number of aryl methyl sites for hydroxylation is 1. The molecule has 0 spiro atoms. The Morgan fingerprint density at radius 1 is 1.22 bits per heavy atom. The summed E-state index contributed by atoms with van der Waals surface area (Å²) >= 11 is 0. The second-order valence-electron chi connectivity index (χ2n) is 4.21. The van der Waals surface area contributed by atoms with Gasteiger partial charge in [-0.2, -0.15) is 0 Å². The van der Waals surface area contributed by atoms with Gasteiger partial charge in [0.25, 0.3) is 0 Å². The minimum absolute atomic E-state index is 0.170. The Kier molecular flexibility index (Phi) is 3.58. The second-order valence-corrected chi connectivity index (χ2v) is 4.21. The summed E-state index contributed by atoms with van der Waals surface area (Å²) in [6.07, 6.45) is 1.57. The van der Waals surface area contributed by atoms with E-state index in [1.54, 1.807) is 24.2 Å². The van der Waals surface area contributed by atoms with E-state index in [0.717, 1.165) is 11.3 Å². The highest BCUT2D eigenvalue weighted by molar-refractivity contribution is 5.60. The molecule has 0 aliphatic carbocycles. The Morgan fingerprint density at radius 3 is 2.50 bits per heavy atom. The lowest BCUT2D eigenvalue weighted by molar-refractivity contribution is 0.604. The molecule has 0 atom stereocenters. The lowest BCUT2D eigenvalue weighted by atomic mass is 10.2. The average molecular weight is 245 g/mol. The lowest BCUT2D eigenvalue weighted by Crippen LogP contribution is -2.15. The van der Waals surface area contributed by atoms with E-state index in [-0.39, 0.29) is 12.4 Å². The van der Waals surface area contributed by atoms with Crippen molar-refractivity contribution in [2.45, 2.75) is 13.5 Å². The summed E-state index contributed by atoms with van der Waals surface area (Å²) in [6, 6.07) is 9.44. The van der Waals surface area contributed by atoms with E-state index in [9.17, 15) is 4.39 Å². The third kappa shape index (κ3) is 2.33. The van der Waals surface area contributed by atoms with Crippen LogP contribution in [0.2, 0.25) is 0 Å². The monoisotopic (exact) mass is 245 g/mol. The molecule has 0 saturated carbocycles. The summed E-state index contributed by atoms with van der Waals surface area (Å²) in [5, 5.41) is 0. The number of anilines is 2. The minimum atomic E-state index is -0.358. The van der Waals surface area contributed by atoms with Gasteiger partial charge in [-0.1, -0.05) is 17.7 Å². The molecule has 1 aromatic heterocycles. The first-order valence-corrected chi connectivity index (χ1v) is 5.77. The summed E-state index contributed by atoms with van der Waals surface area (Å²) in [5.41, 5.74) is 8.02. The Labute approximate surface area is 106 Å². The van der Waals surface area contributed by atoms with Crippen LogP contribution in [0.3, 0.4) is 0 Å². The predicted octanol–water partition coefficient (Wildman–Crippen LogP) is 2.76. The molecule has 2 N–H and O–H groups in total. The quantitative estimate of drug-likeness (QED) is 0.904. The highest BCUT2D eigenvalue weighted by atomic mass is 19.1. The number of halogens is 1. The molecule has 0 fully saturated rings. The molecule has 94 valence electrons. The van der Waals surface area contributed by atoms with Gasteiger partial charge in [0.1, 0.15) is 0 Å². The van der Waals surface area contributed by atoms with Crippen LogP contribution in [-0.2, 0) is 6.54 Å². The second kappa shape index (κ2) is 5.14. The van der Waals surface area contributed by atoms with E-state index in [4.69, 9.17) is 5.73 Å². The smallest absolute Gasteiger partial charge is 0.170 e. The number of nitrogens with zero attached hydrogens (tertiary/aromatic N) is 2. The van der Waals surface area contributed by atoms with Gasteiger partial charge in [-0.25, -0.2) is 9.37 Å². The van der Waals surface area contributed by atoms with Crippen LogP contribution in [0.25, 0.3) is 0 Å². The molecule has 0 amide bonds. The largest absolute Gasteiger partial charge is 0.327 e. The van der Waals surface area contributed by atoms with Crippen molar-refractivity contribution < 1.29 is 4.39 Å². The van der Waals surface area contributed by atoms with Crippen LogP contribution in [0.15, 0.2) is 36.5 Å². The number of rotatable bonds is 3. The SMILES string of the molecule is Cc1ccc(N(C)c2nccc(CN)c2F)cc1. The standard InChI is InChI=1S/C14H16FN3/c1-10-3-5-12(6-4-10)18(2)14-13(15)11(9-16)7-8-17-14/h3-8H,9,16H2,1-2H3. The van der Waals surface area contributed by atoms with Crippen LogP contribution < -0.4 is 10.6 Å². The minimum Gasteiger partial charge on any atom is -0.327 e. The first kappa shape index (κ1) is 12.5. The first-order valence-electron chi connectivity index (χ1n) is 5.77. The molecule has 0 bridgehead atoms. The van der Waals surface area contributed by atoms with Crippen molar-refractivity contribution in [3.05, 3.63) is 53.5 Å². The van der Waals surface area contributed by atoms with E-state index in [1.165, 1.54) is 0 Å². The molecular formula is C14H16FN3. The van der Waals surface area contributed by atoms with Gasteiger partial charge in [-0.15, -0.1) is 0 Å². The maximum atomic E-state index is 14.1. The fourth-order valence-electron chi connectivity index (χ4n) is 1.75. The molecule has 0 unspecified atom stereocenters. The van der Waals surface area contributed by atoms with Gasteiger partial charge >= 0.3 is 0 Å². The van der Waals surface area contributed by atoms with E-state index < -0.39 is 0 Å². The number of pyridine rings is 1. The number of benzene rings is 1. The summed E-state index contributed by atoms with van der Waals surface area (Å²) in [6.45, 7) is 2.18. The third-order valence-electron chi connectivity index (χ3n) is 2.91. The predicted molar refractivity (Wildman–Crippen MR) is 71.3 cm³/mol. The highest BCUT2D eigenvalue weighted by Gasteiger charge is 2.13. The molecular weight excluding hydrogens is 229 g/mol. The van der Waals surface area contributed by atoms with E-state index >= 15 is 0 Å². The van der Waals surface area contributed by atoms with Gasteiger partial charge in [0.05, 0.1) is 0 Å². The van der Waals surface area contributed by atoms with Gasteiger partial charge in [0.2, 0.25) is 0 Å². The van der Waals surface area contributed by atoms with Crippen LogP contribution >= 0.6 is 0 Å². The summed E-state index contributed by atoms with van der Waals surface area (Å²) in [5.74, 6) is -0.0649. The zero-order valence-corrected chi connectivity index (χ0v) is 10.5. The number of hydrogen-bond donors (Lipinski definition) is 1. The zero-order chi connectivity index (χ0) is 13.1. The Hall–Kier alpha value is -1.94. The number of nitrogens with two attached hydrogens (primary N) is 1. The lowest BCUT2D eigenvalue weighted by Gasteiger charge is -2.19. The van der Waals surface area contributed by atoms with Crippen LogP contribution in [0.4, 0.5) is 15.9 Å². The van der Waals surface area contributed by atoms with E-state index in [1.807, 2.05) is 31.2 Å². The highest BCUT2D eigenvalue weighted by Crippen LogP contribution is 2.25. The fourth-order valence-corrected chi connectivity index (χ4v) is 1.75. The van der Waals surface area contributed by atoms with Crippen molar-refractivity contribution in [2.75, 3.05) is 11.9 Å². The first-order chi connectivity index (χ1) is 8.63. The molecule has 3 nitrogen and oxygen atoms in total. The van der Waals surface area contributed by atoms with Crippen molar-refractivity contribution >= 4 is 11.5 Å². The van der Waals surface area contributed by atoms with Crippen molar-refractivity contribution in [2.24, 2.45) is 5.73 Å². The normalized spacial score (nSPS) is 10.4. The van der Waals surface area contributed by atoms with Gasteiger partial charge in [0.15, 0.2) is 11.6 Å². The topological polar surface area (TPSA) is 42.2 Å². The van der Waals surface area contributed by atoms with Crippen LogP contribution in [0.1, 0.15) is 11.1 Å². The van der Waals surface area contributed by atoms with E-state index in [2.05, 4.69) is 4.98 Å². The molecule has 0 radical (unpaired) electrons. The molecule has 0 aliphatic rings. The third-order valence-corrected chi connectivity index (χ3v) is 2.91. The Balaban J connectivity index is 2.39. The molecule has 18 heavy (non-hydrogen) atoms. The summed E-state index contributed by atoms with van der Waals surface area (Å²) < 4.78 is 14.1. The van der Waals surface area contributed by atoms with Crippen molar-refractivity contribution in [1.82, 2.24) is 4.98 Å². The van der Waals surface area contributed by atoms with Crippen molar-refractivity contribution in [1.29, 1.82) is 0 Å². The fraction of sp³-hybridized carbons (Fsp3) is 0.214. The molecule has 0 aliphatic heterocycles. The zero-order valence-electron chi connectivity index (χ0n) is 10.5. The number of aromatic nitrogens is 1. The maximum Gasteiger partial charge on any atom is 0.170 e. The Morgan fingerprint density at radius 2 is 1.89 bits per heavy atom. The van der Waals surface area contributed by atoms with Gasteiger partial charge < -0.3 is 10.6 Å². The van der Waals surface area contributed by atoms with Gasteiger partial charge in [0, 0.05) is 31.0 Å². The summed E-state index contributed by atoms with van der Waals surface area (Å²) in [7, 11) is 1.79. The van der Waals surface area contributed by atoms with Crippen LogP contribution in [0.5, 0.6) is 0 Å². The average Bonchev–Trinajstić information content (AvgIpc) is 2.39. The van der Waals surface area contributed by atoms with Crippen LogP contribution in [0, 0.1) is 12.7 Å². The van der Waals surface area contributed by atoms with Crippen LogP contribution in [-0.4, -0.2) is 12.0 Å². The Bertz CT molecular complexity index is 537. The summed E-state index contributed by atoms with van der Waals surface area (Å²) in [4.78, 5) is 5.80. The molecule has 2 aromatic rings. The van der Waals surface area contributed by atoms with Crippen molar-refractivity contribution in [3.8, 4) is 0 Å². The number of hydrogen-bond acceptors (Lipinski definition) is 3.